The van der Waals surface area contributed by atoms with E-state index in [-0.39, 0.29) is 23.9 Å². The monoisotopic (exact) mass is 493 g/mol. The summed E-state index contributed by atoms with van der Waals surface area (Å²) in [6.45, 7) is 0.0252. The fraction of sp³-hybridized carbons (Fsp3) is 0.103. The Morgan fingerprint density at radius 2 is 1.44 bits per heavy atom. The van der Waals surface area contributed by atoms with Crippen molar-refractivity contribution < 1.29 is 13.2 Å². The summed E-state index contributed by atoms with van der Waals surface area (Å²) in [7, 11) is -4.13. The minimum Gasteiger partial charge on any atom is -0.305 e. The van der Waals surface area contributed by atoms with Crippen molar-refractivity contribution in [1.29, 1.82) is 5.26 Å². The molecule has 36 heavy (non-hydrogen) atoms. The largest absolute Gasteiger partial charge is 0.305 e. The number of hydrogen-bond acceptors (Lipinski definition) is 5. The number of hydrogen-bond donors (Lipinski definition) is 1. The van der Waals surface area contributed by atoms with Gasteiger partial charge in [-0.1, -0.05) is 66.7 Å². The third kappa shape index (κ3) is 3.87. The molecule has 1 aliphatic rings. The Balaban J connectivity index is 1.80. The molecule has 5 rings (SSSR count). The Bertz CT molecular complexity index is 1560. The molecule has 4 aromatic carbocycles. The molecule has 7 heteroatoms. The molecule has 0 radical (unpaired) electrons. The van der Waals surface area contributed by atoms with Gasteiger partial charge in [-0.15, -0.1) is 0 Å². The molecular formula is C29H23N3O3S. The number of sulfone groups is 1. The maximum atomic E-state index is 14.5. The van der Waals surface area contributed by atoms with Crippen LogP contribution in [0.4, 0.5) is 5.69 Å². The van der Waals surface area contributed by atoms with Gasteiger partial charge in [0.05, 0.1) is 23.1 Å². The highest BCUT2D eigenvalue weighted by Crippen LogP contribution is 2.43. The van der Waals surface area contributed by atoms with Crippen LogP contribution >= 0.6 is 0 Å². The lowest BCUT2D eigenvalue weighted by atomic mass is 9.95. The minimum atomic E-state index is -4.13. The maximum absolute atomic E-state index is 14.5. The zero-order valence-electron chi connectivity index (χ0n) is 19.3. The van der Waals surface area contributed by atoms with E-state index in [4.69, 9.17) is 0 Å². The van der Waals surface area contributed by atoms with Gasteiger partial charge in [-0.2, -0.15) is 5.26 Å². The molecule has 0 saturated carbocycles. The average Bonchev–Trinajstić information content (AvgIpc) is 2.93. The van der Waals surface area contributed by atoms with E-state index >= 15 is 0 Å². The summed E-state index contributed by atoms with van der Waals surface area (Å²) in [5, 5.41) is 12.4. The average molecular weight is 494 g/mol. The number of para-hydroxylation sites is 1. The van der Waals surface area contributed by atoms with Crippen LogP contribution in [0.1, 0.15) is 11.1 Å². The fourth-order valence-electron chi connectivity index (χ4n) is 4.73. The second-order valence-electron chi connectivity index (χ2n) is 8.54. The lowest BCUT2D eigenvalue weighted by Gasteiger charge is -2.46. The summed E-state index contributed by atoms with van der Waals surface area (Å²) in [5.74, 6) is -0.344. The second kappa shape index (κ2) is 9.42. The van der Waals surface area contributed by atoms with Crippen molar-refractivity contribution >= 4 is 21.4 Å². The smallest absolute Gasteiger partial charge is 0.242 e. The van der Waals surface area contributed by atoms with Gasteiger partial charge in [-0.25, -0.2) is 8.42 Å². The third-order valence-corrected chi connectivity index (χ3v) is 8.75. The van der Waals surface area contributed by atoms with E-state index in [0.29, 0.717) is 16.8 Å². The van der Waals surface area contributed by atoms with Crippen molar-refractivity contribution in [2.45, 2.75) is 9.77 Å². The first-order valence-corrected chi connectivity index (χ1v) is 13.0. The van der Waals surface area contributed by atoms with Crippen LogP contribution in [0.2, 0.25) is 0 Å². The molecule has 1 N–H and O–H groups in total. The number of piperazine rings is 1. The Morgan fingerprint density at radius 3 is 2.14 bits per heavy atom. The Morgan fingerprint density at radius 1 is 0.806 bits per heavy atom. The van der Waals surface area contributed by atoms with Gasteiger partial charge in [0, 0.05) is 12.2 Å². The van der Waals surface area contributed by atoms with Crippen molar-refractivity contribution in [3.8, 4) is 17.2 Å². The van der Waals surface area contributed by atoms with Crippen LogP contribution in [0.25, 0.3) is 11.1 Å². The Kier molecular flexibility index (Phi) is 6.15. The van der Waals surface area contributed by atoms with E-state index in [9.17, 15) is 18.5 Å². The highest BCUT2D eigenvalue weighted by atomic mass is 32.2. The van der Waals surface area contributed by atoms with Crippen molar-refractivity contribution in [3.05, 3.63) is 120 Å². The van der Waals surface area contributed by atoms with Crippen molar-refractivity contribution in [3.63, 3.8) is 0 Å². The standard InChI is InChI=1S/C29H23N3O3S/c30-19-22-9-7-10-23(17-22)24-11-8-12-25(18-24)29(36(34,35)27-15-5-2-6-16-27)21-31-20-28(33)32(29)26-13-3-1-4-14-26/h1-18,31H,20-21H2. The molecule has 1 aliphatic heterocycles. The number of anilines is 1. The maximum Gasteiger partial charge on any atom is 0.242 e. The molecule has 1 unspecified atom stereocenters. The lowest BCUT2D eigenvalue weighted by Crippen LogP contribution is -2.65. The molecule has 0 spiro atoms. The SMILES string of the molecule is N#Cc1cccc(-c2cccc(C3(S(=O)(=O)c4ccccc4)CNCC(=O)N3c3ccccc3)c2)c1. The highest BCUT2D eigenvalue weighted by Gasteiger charge is 2.55. The minimum absolute atomic E-state index is 0.00650. The Labute approximate surface area is 210 Å². The number of amides is 1. The van der Waals surface area contributed by atoms with Gasteiger partial charge < -0.3 is 5.32 Å². The van der Waals surface area contributed by atoms with E-state index in [1.54, 1.807) is 91.0 Å². The zero-order chi connectivity index (χ0) is 25.2. The van der Waals surface area contributed by atoms with Crippen molar-refractivity contribution in [2.75, 3.05) is 18.0 Å². The first-order chi connectivity index (χ1) is 17.5. The molecule has 0 aromatic heterocycles. The molecule has 4 aromatic rings. The Hall–Kier alpha value is -4.25. The van der Waals surface area contributed by atoms with Gasteiger partial charge in [-0.3, -0.25) is 9.69 Å². The van der Waals surface area contributed by atoms with Gasteiger partial charge in [0.25, 0.3) is 0 Å². The topological polar surface area (TPSA) is 90.3 Å². The molecule has 0 bridgehead atoms. The summed E-state index contributed by atoms with van der Waals surface area (Å²) in [6.07, 6.45) is 0. The first-order valence-electron chi connectivity index (χ1n) is 11.5. The van der Waals surface area contributed by atoms with Gasteiger partial charge in [0.15, 0.2) is 4.87 Å². The molecule has 0 aliphatic carbocycles. The van der Waals surface area contributed by atoms with Crippen LogP contribution in [-0.2, 0) is 19.5 Å². The van der Waals surface area contributed by atoms with Crippen LogP contribution in [0, 0.1) is 11.3 Å². The number of nitriles is 1. The van der Waals surface area contributed by atoms with Crippen molar-refractivity contribution in [2.24, 2.45) is 0 Å². The van der Waals surface area contributed by atoms with Crippen LogP contribution in [-0.4, -0.2) is 27.4 Å². The van der Waals surface area contributed by atoms with E-state index < -0.39 is 14.7 Å². The highest BCUT2D eigenvalue weighted by molar-refractivity contribution is 7.92. The number of benzene rings is 4. The van der Waals surface area contributed by atoms with E-state index in [0.717, 1.165) is 11.1 Å². The number of nitrogens with one attached hydrogen (secondary N) is 1. The summed E-state index contributed by atoms with van der Waals surface area (Å²) >= 11 is 0. The van der Waals surface area contributed by atoms with Crippen molar-refractivity contribution in [1.82, 2.24) is 5.32 Å². The van der Waals surface area contributed by atoms with Gasteiger partial charge in [0.1, 0.15) is 0 Å². The molecular weight excluding hydrogens is 470 g/mol. The zero-order valence-corrected chi connectivity index (χ0v) is 20.2. The molecule has 1 atom stereocenters. The van der Waals surface area contributed by atoms with Crippen LogP contribution in [0.3, 0.4) is 0 Å². The summed E-state index contributed by atoms with van der Waals surface area (Å²) < 4.78 is 29.0. The lowest BCUT2D eigenvalue weighted by molar-refractivity contribution is -0.119. The van der Waals surface area contributed by atoms with Crippen LogP contribution < -0.4 is 10.2 Å². The molecule has 1 heterocycles. The van der Waals surface area contributed by atoms with Gasteiger partial charge >= 0.3 is 0 Å². The predicted octanol–water partition coefficient (Wildman–Crippen LogP) is 4.49. The molecule has 6 nitrogen and oxygen atoms in total. The fourth-order valence-corrected chi connectivity index (χ4v) is 6.82. The second-order valence-corrected chi connectivity index (χ2v) is 10.7. The third-order valence-electron chi connectivity index (χ3n) is 6.40. The number of carbonyl (C=O) groups is 1. The molecule has 1 fully saturated rings. The van der Waals surface area contributed by atoms with Crippen LogP contribution in [0.5, 0.6) is 0 Å². The molecule has 1 amide bonds. The van der Waals surface area contributed by atoms with Gasteiger partial charge in [-0.05, 0) is 59.2 Å². The summed E-state index contributed by atoms with van der Waals surface area (Å²) in [5.41, 5.74) is 2.99. The number of carbonyl (C=O) groups excluding carboxylic acids is 1. The predicted molar refractivity (Wildman–Crippen MR) is 139 cm³/mol. The normalized spacial score (nSPS) is 18.0. The summed E-state index contributed by atoms with van der Waals surface area (Å²) in [6, 6.07) is 33.6. The van der Waals surface area contributed by atoms with E-state index in [1.165, 1.54) is 4.90 Å². The quantitative estimate of drug-likeness (QED) is 0.443. The molecule has 178 valence electrons. The number of rotatable bonds is 5. The van der Waals surface area contributed by atoms with E-state index in [1.807, 2.05) is 18.2 Å². The van der Waals surface area contributed by atoms with E-state index in [2.05, 4.69) is 11.4 Å². The van der Waals surface area contributed by atoms with Crippen LogP contribution in [0.15, 0.2) is 114 Å². The molecule has 1 saturated heterocycles. The number of nitrogens with zero attached hydrogens (tertiary/aromatic N) is 2. The first kappa shape index (κ1) is 23.5. The van der Waals surface area contributed by atoms with Gasteiger partial charge in [0.2, 0.25) is 15.7 Å². The summed E-state index contributed by atoms with van der Waals surface area (Å²) in [4.78, 5) is 13.3.